The van der Waals surface area contributed by atoms with Crippen LogP contribution in [-0.4, -0.2) is 27.7 Å². The molecule has 0 saturated carbocycles. The summed E-state index contributed by atoms with van der Waals surface area (Å²) in [4.78, 5) is 30.4. The first-order valence-electron chi connectivity index (χ1n) is 9.21. The Morgan fingerprint density at radius 2 is 1.97 bits per heavy atom. The minimum atomic E-state index is -1.09. The maximum absolute atomic E-state index is 12.3. The first-order valence-corrected chi connectivity index (χ1v) is 9.59. The topological polar surface area (TPSA) is 92.3 Å². The van der Waals surface area contributed by atoms with Gasteiger partial charge >= 0.3 is 5.97 Å². The van der Waals surface area contributed by atoms with Crippen LogP contribution < -0.4 is 10.3 Å². The molecule has 29 heavy (non-hydrogen) atoms. The second kappa shape index (κ2) is 8.92. The third kappa shape index (κ3) is 5.23. The number of carbonyl (C=O) groups is 1. The van der Waals surface area contributed by atoms with Gasteiger partial charge in [-0.15, -0.1) is 0 Å². The van der Waals surface area contributed by atoms with E-state index < -0.39 is 5.97 Å². The van der Waals surface area contributed by atoms with Crippen molar-refractivity contribution in [3.05, 3.63) is 69.8 Å². The Kier molecular flexibility index (Phi) is 6.34. The second-order valence-electron chi connectivity index (χ2n) is 7.04. The summed E-state index contributed by atoms with van der Waals surface area (Å²) in [6.07, 6.45) is 2.66. The zero-order chi connectivity index (χ0) is 21.0. The summed E-state index contributed by atoms with van der Waals surface area (Å²) >= 11 is 6.35. The SMILES string of the molecule is CC(C)CCOc1ccc(/C=C(\Cl)c2nc3cc(C(=O)O)ccc3c(=O)[nH]2)cc1. The highest BCUT2D eigenvalue weighted by atomic mass is 35.5. The van der Waals surface area contributed by atoms with Crippen molar-refractivity contribution >= 4 is 39.6 Å². The average molecular weight is 413 g/mol. The van der Waals surface area contributed by atoms with Crippen molar-refractivity contribution in [3.8, 4) is 5.75 Å². The Bertz CT molecular complexity index is 1120. The fourth-order valence-corrected chi connectivity index (χ4v) is 2.89. The van der Waals surface area contributed by atoms with Crippen molar-refractivity contribution in [3.63, 3.8) is 0 Å². The molecule has 150 valence electrons. The molecule has 3 aromatic rings. The number of nitrogens with zero attached hydrogens (tertiary/aromatic N) is 1. The number of carboxylic acid groups (broad SMARTS) is 1. The molecule has 6 nitrogen and oxygen atoms in total. The van der Waals surface area contributed by atoms with Crippen molar-refractivity contribution in [2.45, 2.75) is 20.3 Å². The first kappa shape index (κ1) is 20.6. The smallest absolute Gasteiger partial charge is 0.335 e. The molecular formula is C22H21ClN2O4. The summed E-state index contributed by atoms with van der Waals surface area (Å²) in [6.45, 7) is 4.95. The summed E-state index contributed by atoms with van der Waals surface area (Å²) in [5.41, 5.74) is 0.745. The molecule has 1 aromatic heterocycles. The Labute approximate surface area is 172 Å². The zero-order valence-electron chi connectivity index (χ0n) is 16.1. The van der Waals surface area contributed by atoms with Gasteiger partial charge in [-0.3, -0.25) is 4.79 Å². The summed E-state index contributed by atoms with van der Waals surface area (Å²) in [7, 11) is 0. The van der Waals surface area contributed by atoms with Crippen LogP contribution in [0, 0.1) is 5.92 Å². The van der Waals surface area contributed by atoms with E-state index in [1.165, 1.54) is 18.2 Å². The van der Waals surface area contributed by atoms with Crippen LogP contribution in [0.1, 0.15) is 42.0 Å². The number of carboxylic acids is 1. The molecule has 0 bridgehead atoms. The Balaban J connectivity index is 1.84. The van der Waals surface area contributed by atoms with Gasteiger partial charge in [0, 0.05) is 0 Å². The van der Waals surface area contributed by atoms with Gasteiger partial charge in [0.05, 0.1) is 28.1 Å². The van der Waals surface area contributed by atoms with Crippen LogP contribution in [-0.2, 0) is 0 Å². The van der Waals surface area contributed by atoms with Gasteiger partial charge in [-0.25, -0.2) is 9.78 Å². The lowest BCUT2D eigenvalue weighted by atomic mass is 10.1. The molecule has 0 unspecified atom stereocenters. The van der Waals surface area contributed by atoms with Crippen LogP contribution in [0.15, 0.2) is 47.3 Å². The van der Waals surface area contributed by atoms with Crippen molar-refractivity contribution in [1.82, 2.24) is 9.97 Å². The van der Waals surface area contributed by atoms with E-state index in [0.717, 1.165) is 17.7 Å². The Hall–Kier alpha value is -3.12. The van der Waals surface area contributed by atoms with E-state index in [4.69, 9.17) is 21.4 Å². The standard InChI is InChI=1S/C22H21ClN2O4/c1-13(2)9-10-29-16-6-3-14(4-7-16)11-18(23)20-24-19-12-15(22(27)28)5-8-17(19)21(26)25-20/h3-8,11-13H,9-10H2,1-2H3,(H,27,28)(H,24,25,26)/b18-11-. The maximum Gasteiger partial charge on any atom is 0.335 e. The van der Waals surface area contributed by atoms with Gasteiger partial charge in [0.15, 0.2) is 5.82 Å². The van der Waals surface area contributed by atoms with Gasteiger partial charge in [-0.1, -0.05) is 37.6 Å². The minimum absolute atomic E-state index is 0.0507. The van der Waals surface area contributed by atoms with Gasteiger partial charge in [0.2, 0.25) is 0 Å². The summed E-state index contributed by atoms with van der Waals surface area (Å²) < 4.78 is 5.69. The molecule has 2 N–H and O–H groups in total. The number of H-pyrrole nitrogens is 1. The molecular weight excluding hydrogens is 392 g/mol. The Morgan fingerprint density at radius 1 is 1.24 bits per heavy atom. The van der Waals surface area contributed by atoms with Gasteiger partial charge in [0.1, 0.15) is 5.75 Å². The van der Waals surface area contributed by atoms with E-state index in [0.29, 0.717) is 17.9 Å². The number of benzene rings is 2. The molecule has 0 saturated heterocycles. The second-order valence-corrected chi connectivity index (χ2v) is 7.45. The normalized spacial score (nSPS) is 11.8. The lowest BCUT2D eigenvalue weighted by molar-refractivity contribution is 0.0697. The number of ether oxygens (including phenoxy) is 1. The van der Waals surface area contributed by atoms with E-state index in [-0.39, 0.29) is 27.5 Å². The number of halogens is 1. The minimum Gasteiger partial charge on any atom is -0.494 e. The highest BCUT2D eigenvalue weighted by Gasteiger charge is 2.10. The first-order chi connectivity index (χ1) is 13.8. The number of aromatic amines is 1. The number of aromatic nitrogens is 2. The maximum atomic E-state index is 12.3. The van der Waals surface area contributed by atoms with Crippen molar-refractivity contribution in [2.24, 2.45) is 5.92 Å². The van der Waals surface area contributed by atoms with Crippen molar-refractivity contribution in [1.29, 1.82) is 0 Å². The average Bonchev–Trinajstić information content (AvgIpc) is 2.68. The highest BCUT2D eigenvalue weighted by Crippen LogP contribution is 2.22. The molecule has 0 fully saturated rings. The van der Waals surface area contributed by atoms with Crippen LogP contribution in [0.5, 0.6) is 5.75 Å². The van der Waals surface area contributed by atoms with Gasteiger partial charge in [-0.05, 0) is 54.3 Å². The summed E-state index contributed by atoms with van der Waals surface area (Å²) in [5, 5.41) is 9.66. The predicted molar refractivity (Wildman–Crippen MR) is 114 cm³/mol. The fraction of sp³-hybridized carbons (Fsp3) is 0.227. The van der Waals surface area contributed by atoms with Crippen LogP contribution in [0.4, 0.5) is 0 Å². The number of hydrogen-bond acceptors (Lipinski definition) is 4. The Morgan fingerprint density at radius 3 is 2.62 bits per heavy atom. The number of nitrogens with one attached hydrogen (secondary N) is 1. The van der Waals surface area contributed by atoms with Crippen LogP contribution in [0.25, 0.3) is 22.0 Å². The number of fused-ring (bicyclic) bond motifs is 1. The van der Waals surface area contributed by atoms with Crippen molar-refractivity contribution < 1.29 is 14.6 Å². The third-order valence-corrected chi connectivity index (χ3v) is 4.61. The van der Waals surface area contributed by atoms with Gasteiger partial charge < -0.3 is 14.8 Å². The lowest BCUT2D eigenvalue weighted by Gasteiger charge is -2.08. The summed E-state index contributed by atoms with van der Waals surface area (Å²) in [6, 6.07) is 11.6. The van der Waals surface area contributed by atoms with Gasteiger partial charge in [-0.2, -0.15) is 0 Å². The van der Waals surface area contributed by atoms with Gasteiger partial charge in [0.25, 0.3) is 5.56 Å². The van der Waals surface area contributed by atoms with Crippen LogP contribution >= 0.6 is 11.6 Å². The molecule has 0 aliphatic rings. The molecule has 7 heteroatoms. The largest absolute Gasteiger partial charge is 0.494 e. The highest BCUT2D eigenvalue weighted by molar-refractivity contribution is 6.50. The van der Waals surface area contributed by atoms with E-state index >= 15 is 0 Å². The molecule has 0 aliphatic heterocycles. The number of aromatic carboxylic acids is 1. The molecule has 1 heterocycles. The third-order valence-electron chi connectivity index (χ3n) is 4.32. The van der Waals surface area contributed by atoms with E-state index in [9.17, 15) is 9.59 Å². The van der Waals surface area contributed by atoms with Crippen LogP contribution in [0.3, 0.4) is 0 Å². The van der Waals surface area contributed by atoms with E-state index in [2.05, 4.69) is 23.8 Å². The summed E-state index contributed by atoms with van der Waals surface area (Å²) in [5.74, 6) is 0.438. The molecule has 0 amide bonds. The lowest BCUT2D eigenvalue weighted by Crippen LogP contribution is -2.11. The molecule has 0 spiro atoms. The molecule has 0 atom stereocenters. The molecule has 3 rings (SSSR count). The predicted octanol–water partition coefficient (Wildman–Crippen LogP) is 4.78. The molecule has 0 radical (unpaired) electrons. The number of hydrogen-bond donors (Lipinski definition) is 2. The van der Waals surface area contributed by atoms with Crippen LogP contribution in [0.2, 0.25) is 0 Å². The number of rotatable bonds is 7. The zero-order valence-corrected chi connectivity index (χ0v) is 16.9. The van der Waals surface area contributed by atoms with Crippen molar-refractivity contribution in [2.75, 3.05) is 6.61 Å². The van der Waals surface area contributed by atoms with E-state index in [1.807, 2.05) is 24.3 Å². The molecule has 2 aromatic carbocycles. The van der Waals surface area contributed by atoms with E-state index in [1.54, 1.807) is 6.08 Å². The quantitative estimate of drug-likeness (QED) is 0.582. The molecule has 0 aliphatic carbocycles. The monoisotopic (exact) mass is 412 g/mol. The fourth-order valence-electron chi connectivity index (χ4n) is 2.67.